The lowest BCUT2D eigenvalue weighted by Gasteiger charge is -2.06. The van der Waals surface area contributed by atoms with Crippen molar-refractivity contribution in [1.29, 1.82) is 0 Å². The maximum absolute atomic E-state index is 11.8. The molecule has 6 heteroatoms. The molecular formula is C15H17N3O2S. The van der Waals surface area contributed by atoms with Crippen molar-refractivity contribution in [2.75, 3.05) is 7.05 Å². The van der Waals surface area contributed by atoms with Crippen molar-refractivity contribution in [3.05, 3.63) is 48.2 Å². The molecule has 0 unspecified atom stereocenters. The molecule has 1 fully saturated rings. The predicted molar refractivity (Wildman–Crippen MR) is 81.3 cm³/mol. The van der Waals surface area contributed by atoms with Crippen molar-refractivity contribution in [1.82, 2.24) is 9.71 Å². The number of benzene rings is 1. The normalized spacial score (nSPS) is 21.2. The van der Waals surface area contributed by atoms with E-state index in [1.807, 2.05) is 24.4 Å². The standard InChI is InChI=1S/C15H17N3O2S/c1-17-21(19,20)12-4-2-3-10(7-12)15-6-5-11(9-18-15)13-8-14(13)16/h2-7,9,13-14,17H,8,16H2,1H3/t13-,14+/m0/s1. The fraction of sp³-hybridized carbons (Fsp3) is 0.267. The molecule has 0 bridgehead atoms. The summed E-state index contributed by atoms with van der Waals surface area (Å²) in [5.41, 5.74) is 8.50. The average molecular weight is 303 g/mol. The summed E-state index contributed by atoms with van der Waals surface area (Å²) in [6, 6.07) is 10.9. The molecule has 110 valence electrons. The smallest absolute Gasteiger partial charge is 0.240 e. The van der Waals surface area contributed by atoms with Gasteiger partial charge in [-0.05, 0) is 37.2 Å². The summed E-state index contributed by atoms with van der Waals surface area (Å²) in [7, 11) is -2.05. The Balaban J connectivity index is 1.92. The number of sulfonamides is 1. The molecule has 21 heavy (non-hydrogen) atoms. The highest BCUT2D eigenvalue weighted by Gasteiger charge is 2.34. The lowest BCUT2D eigenvalue weighted by atomic mass is 10.1. The van der Waals surface area contributed by atoms with E-state index < -0.39 is 10.0 Å². The third-order valence-electron chi connectivity index (χ3n) is 3.76. The van der Waals surface area contributed by atoms with Crippen LogP contribution in [0.5, 0.6) is 0 Å². The van der Waals surface area contributed by atoms with E-state index in [0.29, 0.717) is 5.92 Å². The SMILES string of the molecule is CNS(=O)(=O)c1cccc(-c2ccc([C@@H]3C[C@H]3N)cn2)c1. The third kappa shape index (κ3) is 2.83. The highest BCUT2D eigenvalue weighted by Crippen LogP contribution is 2.38. The second-order valence-corrected chi connectivity index (χ2v) is 7.10. The molecule has 3 N–H and O–H groups in total. The highest BCUT2D eigenvalue weighted by atomic mass is 32.2. The number of nitrogens with two attached hydrogens (primary N) is 1. The van der Waals surface area contributed by atoms with E-state index in [0.717, 1.165) is 23.2 Å². The van der Waals surface area contributed by atoms with Crippen LogP contribution < -0.4 is 10.5 Å². The quantitative estimate of drug-likeness (QED) is 0.895. The van der Waals surface area contributed by atoms with Gasteiger partial charge in [-0.2, -0.15) is 0 Å². The molecular weight excluding hydrogens is 286 g/mol. The topological polar surface area (TPSA) is 85.1 Å². The van der Waals surface area contributed by atoms with Gasteiger partial charge < -0.3 is 5.73 Å². The van der Waals surface area contributed by atoms with Crippen molar-refractivity contribution in [3.8, 4) is 11.3 Å². The van der Waals surface area contributed by atoms with Crippen LogP contribution in [0.3, 0.4) is 0 Å². The summed E-state index contributed by atoms with van der Waals surface area (Å²) in [5, 5.41) is 0. The maximum atomic E-state index is 11.8. The second kappa shape index (κ2) is 5.22. The molecule has 1 aliphatic rings. The van der Waals surface area contributed by atoms with Crippen LogP contribution >= 0.6 is 0 Å². The highest BCUT2D eigenvalue weighted by molar-refractivity contribution is 7.89. The number of pyridine rings is 1. The summed E-state index contributed by atoms with van der Waals surface area (Å²) in [5.74, 6) is 0.419. The first-order chi connectivity index (χ1) is 10.0. The predicted octanol–water partition coefficient (Wildman–Crippen LogP) is 1.47. The van der Waals surface area contributed by atoms with Crippen LogP contribution in [0, 0.1) is 0 Å². The van der Waals surface area contributed by atoms with Crippen molar-refractivity contribution < 1.29 is 8.42 Å². The summed E-state index contributed by atoms with van der Waals surface area (Å²) < 4.78 is 26.0. The van der Waals surface area contributed by atoms with Crippen molar-refractivity contribution in [2.24, 2.45) is 5.73 Å². The van der Waals surface area contributed by atoms with Gasteiger partial charge in [0, 0.05) is 23.7 Å². The Morgan fingerprint density at radius 2 is 2.05 bits per heavy atom. The Hall–Kier alpha value is -1.76. The van der Waals surface area contributed by atoms with Gasteiger partial charge >= 0.3 is 0 Å². The molecule has 1 saturated carbocycles. The van der Waals surface area contributed by atoms with Gasteiger partial charge in [-0.15, -0.1) is 0 Å². The van der Waals surface area contributed by atoms with Gasteiger partial charge in [0.2, 0.25) is 10.0 Å². The van der Waals surface area contributed by atoms with Crippen LogP contribution in [0.1, 0.15) is 17.9 Å². The Bertz CT molecular complexity index is 757. The van der Waals surface area contributed by atoms with Gasteiger partial charge in [-0.25, -0.2) is 13.1 Å². The third-order valence-corrected chi connectivity index (χ3v) is 5.18. The average Bonchev–Trinajstić information content (AvgIpc) is 3.24. The molecule has 0 radical (unpaired) electrons. The minimum atomic E-state index is -3.44. The molecule has 5 nitrogen and oxygen atoms in total. The fourth-order valence-electron chi connectivity index (χ4n) is 2.33. The molecule has 2 atom stereocenters. The number of nitrogens with one attached hydrogen (secondary N) is 1. The maximum Gasteiger partial charge on any atom is 0.240 e. The zero-order chi connectivity index (χ0) is 15.0. The molecule has 0 spiro atoms. The van der Waals surface area contributed by atoms with Crippen molar-refractivity contribution in [3.63, 3.8) is 0 Å². The first-order valence-corrected chi connectivity index (χ1v) is 8.25. The molecule has 1 heterocycles. The molecule has 2 aromatic rings. The molecule has 0 amide bonds. The van der Waals surface area contributed by atoms with Crippen LogP contribution in [0.15, 0.2) is 47.5 Å². The van der Waals surface area contributed by atoms with Gasteiger partial charge in [0.05, 0.1) is 10.6 Å². The van der Waals surface area contributed by atoms with Crippen LogP contribution in [0.4, 0.5) is 0 Å². The minimum Gasteiger partial charge on any atom is -0.327 e. The molecule has 1 aliphatic carbocycles. The molecule has 0 saturated heterocycles. The van der Waals surface area contributed by atoms with E-state index in [1.165, 1.54) is 7.05 Å². The number of nitrogens with zero attached hydrogens (tertiary/aromatic N) is 1. The number of rotatable bonds is 4. The van der Waals surface area contributed by atoms with E-state index in [9.17, 15) is 8.42 Å². The van der Waals surface area contributed by atoms with Crippen LogP contribution in [0.2, 0.25) is 0 Å². The molecule has 0 aliphatic heterocycles. The molecule has 1 aromatic carbocycles. The Morgan fingerprint density at radius 3 is 2.62 bits per heavy atom. The van der Waals surface area contributed by atoms with E-state index in [1.54, 1.807) is 18.2 Å². The lowest BCUT2D eigenvalue weighted by Crippen LogP contribution is -2.18. The molecule has 1 aromatic heterocycles. The number of hydrogen-bond acceptors (Lipinski definition) is 4. The summed E-state index contributed by atoms with van der Waals surface area (Å²) >= 11 is 0. The largest absolute Gasteiger partial charge is 0.327 e. The van der Waals surface area contributed by atoms with Gasteiger partial charge in [0.15, 0.2) is 0 Å². The van der Waals surface area contributed by atoms with Crippen LogP contribution in [-0.4, -0.2) is 26.5 Å². The van der Waals surface area contributed by atoms with Crippen LogP contribution in [0.25, 0.3) is 11.3 Å². The first-order valence-electron chi connectivity index (χ1n) is 6.77. The second-order valence-electron chi connectivity index (χ2n) is 5.22. The van der Waals surface area contributed by atoms with Crippen molar-refractivity contribution in [2.45, 2.75) is 23.3 Å². The van der Waals surface area contributed by atoms with E-state index >= 15 is 0 Å². The summed E-state index contributed by atoms with van der Waals surface area (Å²) in [6.07, 6.45) is 2.84. The van der Waals surface area contributed by atoms with Gasteiger partial charge in [-0.1, -0.05) is 18.2 Å². The van der Waals surface area contributed by atoms with Crippen LogP contribution in [-0.2, 0) is 10.0 Å². The van der Waals surface area contributed by atoms with E-state index in [2.05, 4.69) is 9.71 Å². The Morgan fingerprint density at radius 1 is 1.29 bits per heavy atom. The van der Waals surface area contributed by atoms with E-state index in [-0.39, 0.29) is 10.9 Å². The van der Waals surface area contributed by atoms with Gasteiger partial charge in [0.1, 0.15) is 0 Å². The number of hydrogen-bond donors (Lipinski definition) is 2. The lowest BCUT2D eigenvalue weighted by molar-refractivity contribution is 0.588. The fourth-order valence-corrected chi connectivity index (χ4v) is 3.11. The van der Waals surface area contributed by atoms with E-state index in [4.69, 9.17) is 5.73 Å². The zero-order valence-corrected chi connectivity index (χ0v) is 12.5. The first kappa shape index (κ1) is 14.2. The monoisotopic (exact) mass is 303 g/mol. The zero-order valence-electron chi connectivity index (χ0n) is 11.7. The Labute approximate surface area is 124 Å². The summed E-state index contributed by atoms with van der Waals surface area (Å²) in [6.45, 7) is 0. The van der Waals surface area contributed by atoms with Gasteiger partial charge in [0.25, 0.3) is 0 Å². The Kier molecular flexibility index (Phi) is 3.52. The molecule has 3 rings (SSSR count). The van der Waals surface area contributed by atoms with Gasteiger partial charge in [-0.3, -0.25) is 4.98 Å². The van der Waals surface area contributed by atoms with Crippen molar-refractivity contribution >= 4 is 10.0 Å². The number of aromatic nitrogens is 1. The minimum absolute atomic E-state index is 0.234. The summed E-state index contributed by atoms with van der Waals surface area (Å²) in [4.78, 5) is 4.66.